The number of halogens is 1. The van der Waals surface area contributed by atoms with Crippen molar-refractivity contribution in [2.45, 2.75) is 12.8 Å². The molecule has 3 rings (SSSR count). The highest BCUT2D eigenvalue weighted by Crippen LogP contribution is 2.31. The van der Waals surface area contributed by atoms with Crippen molar-refractivity contribution in [2.75, 3.05) is 19.6 Å². The van der Waals surface area contributed by atoms with E-state index < -0.39 is 11.1 Å². The number of benzene rings is 1. The van der Waals surface area contributed by atoms with Crippen molar-refractivity contribution in [1.82, 2.24) is 15.5 Å². The van der Waals surface area contributed by atoms with E-state index >= 15 is 0 Å². The summed E-state index contributed by atoms with van der Waals surface area (Å²) >= 11 is 2.16. The largest absolute Gasteiger partial charge is 0.354 e. The van der Waals surface area contributed by atoms with Gasteiger partial charge in [-0.15, -0.1) is 11.3 Å². The standard InChI is InChI=1S/C21H20FN3O4S2/c22-15-7-5-14(6-8-15)13-17-20(28)25(21(29)31-17)11-10-23-18(26)4-1-9-24-19(27)16-3-2-12-30-16/h2-3,5-8,12-13H,1,4,9-11H2,(H,23,26)(H,24,27)/b17-13-. The van der Waals surface area contributed by atoms with Crippen LogP contribution in [0.15, 0.2) is 46.7 Å². The van der Waals surface area contributed by atoms with E-state index in [1.807, 2.05) is 5.38 Å². The van der Waals surface area contributed by atoms with Crippen LogP contribution in [-0.2, 0) is 9.59 Å². The molecule has 2 heterocycles. The molecule has 0 saturated carbocycles. The summed E-state index contributed by atoms with van der Waals surface area (Å²) in [4.78, 5) is 50.2. The molecule has 1 aromatic heterocycles. The van der Waals surface area contributed by atoms with Gasteiger partial charge < -0.3 is 10.6 Å². The molecule has 1 fully saturated rings. The number of carbonyl (C=O) groups excluding carboxylic acids is 4. The Morgan fingerprint density at radius 1 is 1.06 bits per heavy atom. The SMILES string of the molecule is O=C(CCCNC(=O)c1cccs1)NCCN1C(=O)S/C(=C\c2ccc(F)cc2)C1=O. The molecule has 2 N–H and O–H groups in total. The van der Waals surface area contributed by atoms with Gasteiger partial charge in [0.15, 0.2) is 0 Å². The van der Waals surface area contributed by atoms with Crippen molar-refractivity contribution < 1.29 is 23.6 Å². The molecular formula is C21H20FN3O4S2. The Morgan fingerprint density at radius 2 is 1.84 bits per heavy atom. The molecular weight excluding hydrogens is 441 g/mol. The summed E-state index contributed by atoms with van der Waals surface area (Å²) in [5.74, 6) is -1.21. The Morgan fingerprint density at radius 3 is 2.55 bits per heavy atom. The first-order valence-corrected chi connectivity index (χ1v) is 11.2. The van der Waals surface area contributed by atoms with Crippen molar-refractivity contribution in [1.29, 1.82) is 0 Å². The fourth-order valence-corrected chi connectivity index (χ4v) is 4.25. The van der Waals surface area contributed by atoms with Crippen LogP contribution in [0.1, 0.15) is 28.1 Å². The topological polar surface area (TPSA) is 95.6 Å². The van der Waals surface area contributed by atoms with E-state index in [2.05, 4.69) is 10.6 Å². The lowest BCUT2D eigenvalue weighted by Crippen LogP contribution is -2.37. The van der Waals surface area contributed by atoms with Crippen LogP contribution in [0.3, 0.4) is 0 Å². The minimum absolute atomic E-state index is 0.0618. The summed E-state index contributed by atoms with van der Waals surface area (Å²) in [5, 5.41) is 6.82. The molecule has 0 atom stereocenters. The van der Waals surface area contributed by atoms with Gasteiger partial charge in [-0.25, -0.2) is 4.39 Å². The number of thioether (sulfide) groups is 1. The molecule has 162 valence electrons. The number of hydrogen-bond acceptors (Lipinski definition) is 6. The molecule has 0 spiro atoms. The highest BCUT2D eigenvalue weighted by Gasteiger charge is 2.34. The second-order valence-electron chi connectivity index (χ2n) is 6.57. The zero-order valence-corrected chi connectivity index (χ0v) is 18.1. The summed E-state index contributed by atoms with van der Waals surface area (Å²) in [6.45, 7) is 0.579. The highest BCUT2D eigenvalue weighted by atomic mass is 32.2. The van der Waals surface area contributed by atoms with Gasteiger partial charge in [0.1, 0.15) is 5.82 Å². The molecule has 0 radical (unpaired) electrons. The number of amides is 4. The normalized spacial score (nSPS) is 14.9. The number of imide groups is 1. The first-order chi connectivity index (χ1) is 14.9. The minimum Gasteiger partial charge on any atom is -0.354 e. The fourth-order valence-electron chi connectivity index (χ4n) is 2.74. The van der Waals surface area contributed by atoms with Crippen molar-refractivity contribution >= 4 is 52.1 Å². The Labute approximate surface area is 186 Å². The van der Waals surface area contributed by atoms with Crippen LogP contribution in [0.25, 0.3) is 6.08 Å². The summed E-state index contributed by atoms with van der Waals surface area (Å²) in [6.07, 6.45) is 2.23. The Kier molecular flexibility index (Phi) is 7.96. The van der Waals surface area contributed by atoms with Crippen molar-refractivity contribution in [3.05, 3.63) is 62.9 Å². The zero-order chi connectivity index (χ0) is 22.2. The zero-order valence-electron chi connectivity index (χ0n) is 16.4. The van der Waals surface area contributed by atoms with E-state index in [1.165, 1.54) is 41.7 Å². The Bertz CT molecular complexity index is 991. The third kappa shape index (κ3) is 6.50. The number of nitrogens with one attached hydrogen (secondary N) is 2. The van der Waals surface area contributed by atoms with Gasteiger partial charge in [-0.05, 0) is 53.4 Å². The lowest BCUT2D eigenvalue weighted by molar-refractivity contribution is -0.124. The maximum atomic E-state index is 13.0. The van der Waals surface area contributed by atoms with E-state index in [1.54, 1.807) is 12.1 Å². The molecule has 31 heavy (non-hydrogen) atoms. The molecule has 4 amide bonds. The number of carbonyl (C=O) groups is 4. The minimum atomic E-state index is -0.440. The summed E-state index contributed by atoms with van der Waals surface area (Å²) in [7, 11) is 0. The molecule has 10 heteroatoms. The maximum Gasteiger partial charge on any atom is 0.293 e. The van der Waals surface area contributed by atoms with Gasteiger partial charge in [0.2, 0.25) is 5.91 Å². The molecule has 2 aromatic rings. The van der Waals surface area contributed by atoms with E-state index in [4.69, 9.17) is 0 Å². The molecule has 1 aliphatic rings. The summed E-state index contributed by atoms with van der Waals surface area (Å²) < 4.78 is 13.0. The van der Waals surface area contributed by atoms with Crippen LogP contribution in [0.2, 0.25) is 0 Å². The smallest absolute Gasteiger partial charge is 0.293 e. The van der Waals surface area contributed by atoms with Gasteiger partial charge in [0.05, 0.1) is 9.78 Å². The van der Waals surface area contributed by atoms with Gasteiger partial charge in [-0.2, -0.15) is 0 Å². The van der Waals surface area contributed by atoms with Gasteiger partial charge in [-0.1, -0.05) is 18.2 Å². The predicted octanol–water partition coefficient (Wildman–Crippen LogP) is 3.25. The first kappa shape index (κ1) is 22.7. The monoisotopic (exact) mass is 461 g/mol. The van der Waals surface area contributed by atoms with E-state index in [0.29, 0.717) is 23.4 Å². The third-order valence-corrected chi connectivity index (χ3v) is 6.09. The molecule has 1 aromatic carbocycles. The quantitative estimate of drug-likeness (QED) is 0.442. The van der Waals surface area contributed by atoms with Crippen LogP contribution in [0, 0.1) is 5.82 Å². The highest BCUT2D eigenvalue weighted by molar-refractivity contribution is 8.18. The van der Waals surface area contributed by atoms with Crippen LogP contribution < -0.4 is 10.6 Å². The molecule has 0 unspecified atom stereocenters. The van der Waals surface area contributed by atoms with Crippen molar-refractivity contribution in [3.8, 4) is 0 Å². The average Bonchev–Trinajstić information content (AvgIpc) is 3.37. The van der Waals surface area contributed by atoms with Gasteiger partial charge in [0.25, 0.3) is 17.1 Å². The number of nitrogens with zero attached hydrogens (tertiary/aromatic N) is 1. The molecule has 0 aliphatic carbocycles. The molecule has 1 aliphatic heterocycles. The second-order valence-corrected chi connectivity index (χ2v) is 8.51. The second kappa shape index (κ2) is 10.9. The average molecular weight is 462 g/mol. The maximum absolute atomic E-state index is 13.0. The Balaban J connectivity index is 1.37. The Hall–Kier alpha value is -2.98. The van der Waals surface area contributed by atoms with Crippen molar-refractivity contribution in [3.63, 3.8) is 0 Å². The lowest BCUT2D eigenvalue weighted by atomic mass is 10.2. The number of rotatable bonds is 9. The first-order valence-electron chi connectivity index (χ1n) is 9.53. The van der Waals surface area contributed by atoms with E-state index in [9.17, 15) is 23.6 Å². The van der Waals surface area contributed by atoms with Crippen LogP contribution in [0.4, 0.5) is 9.18 Å². The number of thiophene rings is 1. The third-order valence-electron chi connectivity index (χ3n) is 4.31. The van der Waals surface area contributed by atoms with Crippen LogP contribution in [-0.4, -0.2) is 47.5 Å². The van der Waals surface area contributed by atoms with Gasteiger partial charge in [0, 0.05) is 26.1 Å². The fraction of sp³-hybridized carbons (Fsp3) is 0.238. The summed E-state index contributed by atoms with van der Waals surface area (Å²) in [5.41, 5.74) is 0.617. The van der Waals surface area contributed by atoms with Crippen LogP contribution >= 0.6 is 23.1 Å². The van der Waals surface area contributed by atoms with E-state index in [-0.39, 0.29) is 42.0 Å². The lowest BCUT2D eigenvalue weighted by Gasteiger charge is -2.13. The predicted molar refractivity (Wildman–Crippen MR) is 118 cm³/mol. The molecule has 7 nitrogen and oxygen atoms in total. The molecule has 0 bridgehead atoms. The number of hydrogen-bond donors (Lipinski definition) is 2. The van der Waals surface area contributed by atoms with E-state index in [0.717, 1.165) is 16.7 Å². The van der Waals surface area contributed by atoms with Crippen molar-refractivity contribution in [2.24, 2.45) is 0 Å². The molecule has 1 saturated heterocycles. The summed E-state index contributed by atoms with van der Waals surface area (Å²) in [6, 6.07) is 9.12. The van der Waals surface area contributed by atoms with Gasteiger partial charge in [-0.3, -0.25) is 24.1 Å². The van der Waals surface area contributed by atoms with Crippen LogP contribution in [0.5, 0.6) is 0 Å². The van der Waals surface area contributed by atoms with Gasteiger partial charge >= 0.3 is 0 Å².